The second kappa shape index (κ2) is 7.00. The van der Waals surface area contributed by atoms with Crippen LogP contribution in [0.5, 0.6) is 11.5 Å². The number of phenolic OH excluding ortho intramolecular Hbond substituents is 2. The van der Waals surface area contributed by atoms with E-state index < -0.39 is 0 Å². The first kappa shape index (κ1) is 16.4. The van der Waals surface area contributed by atoms with E-state index >= 15 is 0 Å². The van der Waals surface area contributed by atoms with Crippen molar-refractivity contribution < 1.29 is 15.0 Å². The van der Waals surface area contributed by atoms with Crippen LogP contribution >= 0.6 is 0 Å². The highest BCUT2D eigenvalue weighted by molar-refractivity contribution is 6.06. The summed E-state index contributed by atoms with van der Waals surface area (Å²) >= 11 is 0. The highest BCUT2D eigenvalue weighted by Crippen LogP contribution is 2.21. The van der Waals surface area contributed by atoms with Crippen molar-refractivity contribution in [3.05, 3.63) is 65.4 Å². The van der Waals surface area contributed by atoms with Gasteiger partial charge in [-0.3, -0.25) is 9.78 Å². The number of aromatic hydroxyl groups is 2. The number of carbonyl (C=O) groups excluding carboxylic acids is 1. The molecule has 3 N–H and O–H groups in total. The highest BCUT2D eigenvalue weighted by atomic mass is 16.3. The van der Waals surface area contributed by atoms with E-state index in [1.807, 2.05) is 31.2 Å². The van der Waals surface area contributed by atoms with Crippen LogP contribution < -0.4 is 5.43 Å². The van der Waals surface area contributed by atoms with Gasteiger partial charge in [-0.15, -0.1) is 0 Å². The van der Waals surface area contributed by atoms with Crippen LogP contribution in [0.25, 0.3) is 10.9 Å². The van der Waals surface area contributed by atoms with Gasteiger partial charge in [-0.2, -0.15) is 5.10 Å². The number of hydrazone groups is 1. The molecule has 0 atom stereocenters. The Morgan fingerprint density at radius 1 is 1.20 bits per heavy atom. The summed E-state index contributed by atoms with van der Waals surface area (Å²) in [6, 6.07) is 13.3. The van der Waals surface area contributed by atoms with Crippen molar-refractivity contribution in [2.24, 2.45) is 5.10 Å². The Labute approximate surface area is 144 Å². The van der Waals surface area contributed by atoms with Crippen LogP contribution in [-0.2, 0) is 6.42 Å². The quantitative estimate of drug-likeness (QED) is 0.504. The number of nitrogens with one attached hydrogen (secondary N) is 1. The number of carbonyl (C=O) groups is 1. The Bertz CT molecular complexity index is 967. The maximum absolute atomic E-state index is 12.5. The fourth-order valence-electron chi connectivity index (χ4n) is 2.46. The predicted octanol–water partition coefficient (Wildman–Crippen LogP) is 2.97. The topological polar surface area (TPSA) is 94.8 Å². The second-order valence-electron chi connectivity index (χ2n) is 5.47. The number of hydrogen-bond donors (Lipinski definition) is 3. The van der Waals surface area contributed by atoms with E-state index in [2.05, 4.69) is 15.5 Å². The van der Waals surface area contributed by atoms with Crippen LogP contribution in [-0.4, -0.2) is 27.3 Å². The number of aryl methyl sites for hydroxylation is 1. The fourth-order valence-corrected chi connectivity index (χ4v) is 2.46. The zero-order chi connectivity index (χ0) is 17.8. The van der Waals surface area contributed by atoms with Crippen LogP contribution in [0.3, 0.4) is 0 Å². The highest BCUT2D eigenvalue weighted by Gasteiger charge is 2.12. The average molecular weight is 335 g/mol. The molecule has 2 aromatic carbocycles. The lowest BCUT2D eigenvalue weighted by Gasteiger charge is -2.07. The Balaban J connectivity index is 1.86. The van der Waals surface area contributed by atoms with Gasteiger partial charge in [-0.1, -0.05) is 25.1 Å². The predicted molar refractivity (Wildman–Crippen MR) is 96.0 cm³/mol. The van der Waals surface area contributed by atoms with Crippen molar-refractivity contribution in [1.82, 2.24) is 10.4 Å². The molecule has 3 rings (SSSR count). The minimum absolute atomic E-state index is 0.0472. The minimum atomic E-state index is -0.359. The van der Waals surface area contributed by atoms with Gasteiger partial charge in [0.25, 0.3) is 5.91 Å². The Morgan fingerprint density at radius 3 is 2.76 bits per heavy atom. The van der Waals surface area contributed by atoms with Gasteiger partial charge < -0.3 is 10.2 Å². The van der Waals surface area contributed by atoms with Crippen LogP contribution in [0.1, 0.15) is 28.5 Å². The molecule has 0 aliphatic carbocycles. The lowest BCUT2D eigenvalue weighted by atomic mass is 10.1. The summed E-state index contributed by atoms with van der Waals surface area (Å²) in [6.45, 7) is 1.98. The SMILES string of the molecule is CCc1cc(C(=O)N/N=C\c2ccc(O)cc2O)c2ccccc2n1. The summed E-state index contributed by atoms with van der Waals surface area (Å²) in [5.74, 6) is -0.530. The number of rotatable bonds is 4. The van der Waals surface area contributed by atoms with E-state index in [9.17, 15) is 15.0 Å². The lowest BCUT2D eigenvalue weighted by Crippen LogP contribution is -2.18. The van der Waals surface area contributed by atoms with Crippen molar-refractivity contribution in [2.45, 2.75) is 13.3 Å². The van der Waals surface area contributed by atoms with Crippen LogP contribution in [0, 0.1) is 0 Å². The standard InChI is InChI=1S/C19H17N3O3/c1-2-13-9-16(15-5-3-4-6-17(15)21-13)19(25)22-20-11-12-7-8-14(23)10-18(12)24/h3-11,23-24H,2H2,1H3,(H,22,25)/b20-11-. The molecule has 0 bridgehead atoms. The third-order valence-corrected chi connectivity index (χ3v) is 3.76. The Kier molecular flexibility index (Phi) is 4.61. The average Bonchev–Trinajstić information content (AvgIpc) is 2.62. The largest absolute Gasteiger partial charge is 0.508 e. The lowest BCUT2D eigenvalue weighted by molar-refractivity contribution is 0.0956. The molecule has 0 saturated heterocycles. The van der Waals surface area contributed by atoms with Crippen molar-refractivity contribution in [2.75, 3.05) is 0 Å². The monoisotopic (exact) mass is 335 g/mol. The summed E-state index contributed by atoms with van der Waals surface area (Å²) in [4.78, 5) is 17.0. The summed E-state index contributed by atoms with van der Waals surface area (Å²) in [5, 5.41) is 23.6. The van der Waals surface area contributed by atoms with Gasteiger partial charge in [0.05, 0.1) is 17.3 Å². The summed E-state index contributed by atoms with van der Waals surface area (Å²) in [5.41, 5.74) is 4.92. The molecular weight excluding hydrogens is 318 g/mol. The first-order valence-electron chi connectivity index (χ1n) is 7.82. The summed E-state index contributed by atoms with van der Waals surface area (Å²) < 4.78 is 0. The molecule has 6 heteroatoms. The number of amides is 1. The van der Waals surface area contributed by atoms with Gasteiger partial charge in [-0.25, -0.2) is 5.43 Å². The van der Waals surface area contributed by atoms with Crippen molar-refractivity contribution in [1.29, 1.82) is 0 Å². The van der Waals surface area contributed by atoms with E-state index in [0.29, 0.717) is 11.1 Å². The Morgan fingerprint density at radius 2 is 2.00 bits per heavy atom. The van der Waals surface area contributed by atoms with Gasteiger partial charge >= 0.3 is 0 Å². The van der Waals surface area contributed by atoms with Crippen molar-refractivity contribution in [3.63, 3.8) is 0 Å². The minimum Gasteiger partial charge on any atom is -0.508 e. The number of para-hydroxylation sites is 1. The summed E-state index contributed by atoms with van der Waals surface area (Å²) in [6.07, 6.45) is 2.03. The normalized spacial score (nSPS) is 11.1. The second-order valence-corrected chi connectivity index (χ2v) is 5.47. The van der Waals surface area contributed by atoms with Crippen LogP contribution in [0.15, 0.2) is 53.6 Å². The molecule has 0 spiro atoms. The maximum atomic E-state index is 12.5. The van der Waals surface area contributed by atoms with E-state index in [1.165, 1.54) is 24.4 Å². The molecule has 1 heterocycles. The number of aromatic nitrogens is 1. The molecule has 0 saturated carbocycles. The molecule has 0 radical (unpaired) electrons. The van der Waals surface area contributed by atoms with E-state index in [-0.39, 0.29) is 17.4 Å². The molecule has 0 aliphatic rings. The van der Waals surface area contributed by atoms with E-state index in [0.717, 1.165) is 23.0 Å². The molecule has 6 nitrogen and oxygen atoms in total. The van der Waals surface area contributed by atoms with Gasteiger partial charge in [-0.05, 0) is 30.7 Å². The summed E-state index contributed by atoms with van der Waals surface area (Å²) in [7, 11) is 0. The Hall–Kier alpha value is -3.41. The number of pyridine rings is 1. The van der Waals surface area contributed by atoms with Crippen LogP contribution in [0.4, 0.5) is 0 Å². The first-order chi connectivity index (χ1) is 12.1. The molecule has 0 fully saturated rings. The molecule has 0 aliphatic heterocycles. The first-order valence-corrected chi connectivity index (χ1v) is 7.82. The van der Waals surface area contributed by atoms with E-state index in [1.54, 1.807) is 6.07 Å². The smallest absolute Gasteiger partial charge is 0.272 e. The molecule has 1 aromatic heterocycles. The number of fused-ring (bicyclic) bond motifs is 1. The molecular formula is C19H17N3O3. The number of hydrogen-bond acceptors (Lipinski definition) is 5. The molecule has 1 amide bonds. The van der Waals surface area contributed by atoms with E-state index in [4.69, 9.17) is 0 Å². The zero-order valence-electron chi connectivity index (χ0n) is 13.6. The number of phenols is 2. The van der Waals surface area contributed by atoms with Crippen molar-refractivity contribution in [3.8, 4) is 11.5 Å². The van der Waals surface area contributed by atoms with Crippen molar-refractivity contribution >= 4 is 23.0 Å². The number of nitrogens with zero attached hydrogens (tertiary/aromatic N) is 2. The van der Waals surface area contributed by atoms with Crippen LogP contribution in [0.2, 0.25) is 0 Å². The fraction of sp³-hybridized carbons (Fsp3) is 0.105. The zero-order valence-corrected chi connectivity index (χ0v) is 13.6. The van der Waals surface area contributed by atoms with Gasteiger partial charge in [0.1, 0.15) is 11.5 Å². The molecule has 25 heavy (non-hydrogen) atoms. The number of benzene rings is 2. The third kappa shape index (κ3) is 3.58. The van der Waals surface area contributed by atoms with Gasteiger partial charge in [0.2, 0.25) is 0 Å². The third-order valence-electron chi connectivity index (χ3n) is 3.76. The van der Waals surface area contributed by atoms with Gasteiger partial charge in [0.15, 0.2) is 0 Å². The molecule has 3 aromatic rings. The maximum Gasteiger partial charge on any atom is 0.272 e. The molecule has 0 unspecified atom stereocenters. The molecule has 126 valence electrons. The van der Waals surface area contributed by atoms with Gasteiger partial charge in [0, 0.05) is 22.7 Å².